The SMILES string of the molecule is CC1CC(NCc2ccc(Br)c(Cl)c2)CCN1C. The average Bonchev–Trinajstić information content (AvgIpc) is 2.35. The summed E-state index contributed by atoms with van der Waals surface area (Å²) in [5.74, 6) is 0. The lowest BCUT2D eigenvalue weighted by Crippen LogP contribution is -2.45. The fraction of sp³-hybridized carbons (Fsp3) is 0.571. The number of nitrogens with zero attached hydrogens (tertiary/aromatic N) is 1. The van der Waals surface area contributed by atoms with Crippen molar-refractivity contribution in [3.05, 3.63) is 33.3 Å². The van der Waals surface area contributed by atoms with Crippen molar-refractivity contribution < 1.29 is 0 Å². The van der Waals surface area contributed by atoms with Crippen LogP contribution < -0.4 is 5.32 Å². The van der Waals surface area contributed by atoms with Crippen LogP contribution in [0.25, 0.3) is 0 Å². The van der Waals surface area contributed by atoms with Crippen LogP contribution in [-0.4, -0.2) is 30.6 Å². The molecular formula is C14H20BrClN2. The molecule has 2 nitrogen and oxygen atoms in total. The van der Waals surface area contributed by atoms with Gasteiger partial charge < -0.3 is 10.2 Å². The minimum Gasteiger partial charge on any atom is -0.310 e. The van der Waals surface area contributed by atoms with E-state index in [9.17, 15) is 0 Å². The summed E-state index contributed by atoms with van der Waals surface area (Å²) >= 11 is 9.51. The first-order valence-corrected chi connectivity index (χ1v) is 7.61. The zero-order valence-corrected chi connectivity index (χ0v) is 13.3. The number of benzene rings is 1. The van der Waals surface area contributed by atoms with Crippen molar-refractivity contribution >= 4 is 27.5 Å². The Kier molecular flexibility index (Phi) is 5.07. The number of likely N-dealkylation sites (tertiary alicyclic amines) is 1. The maximum Gasteiger partial charge on any atom is 0.0551 e. The van der Waals surface area contributed by atoms with Crippen molar-refractivity contribution in [1.29, 1.82) is 0 Å². The van der Waals surface area contributed by atoms with Gasteiger partial charge in [0.15, 0.2) is 0 Å². The predicted octanol–water partition coefficient (Wildman–Crippen LogP) is 3.67. The molecule has 0 aromatic heterocycles. The third kappa shape index (κ3) is 3.70. The maximum absolute atomic E-state index is 6.10. The van der Waals surface area contributed by atoms with Crippen LogP contribution in [0.3, 0.4) is 0 Å². The van der Waals surface area contributed by atoms with Crippen molar-refractivity contribution in [3.63, 3.8) is 0 Å². The van der Waals surface area contributed by atoms with Crippen LogP contribution in [0.15, 0.2) is 22.7 Å². The Hall–Kier alpha value is -0.0900. The number of hydrogen-bond acceptors (Lipinski definition) is 2. The average molecular weight is 332 g/mol. The molecule has 0 radical (unpaired) electrons. The Morgan fingerprint density at radius 2 is 2.28 bits per heavy atom. The van der Waals surface area contributed by atoms with Gasteiger partial charge in [-0.15, -0.1) is 0 Å². The van der Waals surface area contributed by atoms with Crippen molar-refractivity contribution in [3.8, 4) is 0 Å². The summed E-state index contributed by atoms with van der Waals surface area (Å²) in [6.07, 6.45) is 2.45. The molecule has 1 fully saturated rings. The molecule has 0 bridgehead atoms. The Morgan fingerprint density at radius 3 is 2.94 bits per heavy atom. The van der Waals surface area contributed by atoms with E-state index in [4.69, 9.17) is 11.6 Å². The maximum atomic E-state index is 6.10. The van der Waals surface area contributed by atoms with Crippen molar-refractivity contribution in [2.75, 3.05) is 13.6 Å². The lowest BCUT2D eigenvalue weighted by molar-refractivity contribution is 0.168. The number of hydrogen-bond donors (Lipinski definition) is 1. The van der Waals surface area contributed by atoms with Gasteiger partial charge in [-0.05, 0) is 67.0 Å². The molecule has 0 spiro atoms. The Labute approximate surface area is 123 Å². The van der Waals surface area contributed by atoms with Crippen LogP contribution in [0.5, 0.6) is 0 Å². The van der Waals surface area contributed by atoms with Crippen LogP contribution in [0.2, 0.25) is 5.02 Å². The molecule has 2 rings (SSSR count). The molecule has 100 valence electrons. The second kappa shape index (κ2) is 6.38. The van der Waals surface area contributed by atoms with E-state index in [0.717, 1.165) is 16.0 Å². The van der Waals surface area contributed by atoms with Gasteiger partial charge in [0.1, 0.15) is 0 Å². The second-order valence-corrected chi connectivity index (χ2v) is 6.44. The largest absolute Gasteiger partial charge is 0.310 e. The molecule has 4 heteroatoms. The van der Waals surface area contributed by atoms with Crippen LogP contribution in [0, 0.1) is 0 Å². The van der Waals surface area contributed by atoms with E-state index < -0.39 is 0 Å². The normalized spacial score (nSPS) is 25.3. The van der Waals surface area contributed by atoms with E-state index in [0.29, 0.717) is 12.1 Å². The molecule has 0 saturated carbocycles. The molecule has 1 aliphatic rings. The highest BCUT2D eigenvalue weighted by Crippen LogP contribution is 2.23. The third-order valence-corrected chi connectivity index (χ3v) is 5.02. The van der Waals surface area contributed by atoms with E-state index in [1.807, 2.05) is 12.1 Å². The monoisotopic (exact) mass is 330 g/mol. The number of rotatable bonds is 3. The highest BCUT2D eigenvalue weighted by atomic mass is 79.9. The number of nitrogens with one attached hydrogen (secondary N) is 1. The quantitative estimate of drug-likeness (QED) is 0.909. The minimum atomic E-state index is 0.624. The highest BCUT2D eigenvalue weighted by Gasteiger charge is 2.21. The Balaban J connectivity index is 1.86. The summed E-state index contributed by atoms with van der Waals surface area (Å²) in [5.41, 5.74) is 1.25. The number of halogens is 2. The molecule has 0 amide bonds. The topological polar surface area (TPSA) is 15.3 Å². The minimum absolute atomic E-state index is 0.624. The molecule has 2 unspecified atom stereocenters. The fourth-order valence-electron chi connectivity index (χ4n) is 2.39. The van der Waals surface area contributed by atoms with Gasteiger partial charge in [-0.2, -0.15) is 0 Å². The summed E-state index contributed by atoms with van der Waals surface area (Å²) in [5, 5.41) is 4.42. The molecule has 18 heavy (non-hydrogen) atoms. The van der Waals surface area contributed by atoms with E-state index >= 15 is 0 Å². The Bertz CT molecular complexity index is 411. The van der Waals surface area contributed by atoms with E-state index in [1.165, 1.54) is 24.9 Å². The lowest BCUT2D eigenvalue weighted by atomic mass is 9.99. The van der Waals surface area contributed by atoms with Crippen molar-refractivity contribution in [2.24, 2.45) is 0 Å². The molecule has 1 aromatic rings. The van der Waals surface area contributed by atoms with Gasteiger partial charge >= 0.3 is 0 Å². The van der Waals surface area contributed by atoms with Gasteiger partial charge in [0.05, 0.1) is 5.02 Å². The van der Waals surface area contributed by atoms with Crippen LogP contribution in [0.4, 0.5) is 0 Å². The molecule has 1 N–H and O–H groups in total. The fourth-order valence-corrected chi connectivity index (χ4v) is 2.84. The van der Waals surface area contributed by atoms with Gasteiger partial charge in [0.25, 0.3) is 0 Å². The summed E-state index contributed by atoms with van der Waals surface area (Å²) in [6, 6.07) is 7.44. The molecule has 1 saturated heterocycles. The smallest absolute Gasteiger partial charge is 0.0551 e. The summed E-state index contributed by atoms with van der Waals surface area (Å²) in [7, 11) is 2.20. The van der Waals surface area contributed by atoms with Gasteiger partial charge in [0, 0.05) is 23.1 Å². The third-order valence-electron chi connectivity index (χ3n) is 3.79. The molecule has 2 atom stereocenters. The summed E-state index contributed by atoms with van der Waals surface area (Å²) < 4.78 is 0.959. The van der Waals surface area contributed by atoms with Gasteiger partial charge in [-0.3, -0.25) is 0 Å². The van der Waals surface area contributed by atoms with Gasteiger partial charge in [0.2, 0.25) is 0 Å². The first-order chi connectivity index (χ1) is 8.56. The lowest BCUT2D eigenvalue weighted by Gasteiger charge is -2.35. The van der Waals surface area contributed by atoms with Crippen molar-refractivity contribution in [1.82, 2.24) is 10.2 Å². The molecule has 1 heterocycles. The second-order valence-electron chi connectivity index (χ2n) is 5.18. The molecular weight excluding hydrogens is 312 g/mol. The van der Waals surface area contributed by atoms with Crippen LogP contribution in [-0.2, 0) is 6.54 Å². The molecule has 1 aliphatic heterocycles. The Morgan fingerprint density at radius 1 is 1.50 bits per heavy atom. The van der Waals surface area contributed by atoms with E-state index in [1.54, 1.807) is 0 Å². The standard InChI is InChI=1S/C14H20BrClN2/c1-10-7-12(5-6-18(10)2)17-9-11-3-4-13(15)14(16)8-11/h3-4,8,10,12,17H,5-7,9H2,1-2H3. The van der Waals surface area contributed by atoms with Gasteiger partial charge in [-0.1, -0.05) is 17.7 Å². The number of piperidine rings is 1. The summed E-state index contributed by atoms with van der Waals surface area (Å²) in [4.78, 5) is 2.43. The zero-order valence-electron chi connectivity index (χ0n) is 10.9. The van der Waals surface area contributed by atoms with Crippen LogP contribution in [0.1, 0.15) is 25.3 Å². The van der Waals surface area contributed by atoms with Gasteiger partial charge in [-0.25, -0.2) is 0 Å². The van der Waals surface area contributed by atoms with E-state index in [-0.39, 0.29) is 0 Å². The molecule has 1 aromatic carbocycles. The summed E-state index contributed by atoms with van der Waals surface area (Å²) in [6.45, 7) is 4.37. The zero-order chi connectivity index (χ0) is 13.1. The first kappa shape index (κ1) is 14.3. The predicted molar refractivity (Wildman–Crippen MR) is 81.1 cm³/mol. The molecule has 0 aliphatic carbocycles. The first-order valence-electron chi connectivity index (χ1n) is 6.44. The van der Waals surface area contributed by atoms with Crippen LogP contribution >= 0.6 is 27.5 Å². The highest BCUT2D eigenvalue weighted by molar-refractivity contribution is 9.10. The van der Waals surface area contributed by atoms with E-state index in [2.05, 4.69) is 46.2 Å². The van der Waals surface area contributed by atoms with Crippen molar-refractivity contribution in [2.45, 2.75) is 38.4 Å².